The fourth-order valence-electron chi connectivity index (χ4n) is 3.26. The number of piperidine rings is 1. The molecule has 1 fully saturated rings. The fourth-order valence-corrected chi connectivity index (χ4v) is 3.26. The van der Waals surface area contributed by atoms with Crippen molar-refractivity contribution in [3.63, 3.8) is 0 Å². The molecule has 1 atom stereocenters. The number of nitrogens with zero attached hydrogens (tertiary/aromatic N) is 3. The van der Waals surface area contributed by atoms with Crippen LogP contribution < -0.4 is 5.32 Å². The van der Waals surface area contributed by atoms with E-state index < -0.39 is 0 Å². The van der Waals surface area contributed by atoms with Gasteiger partial charge in [0.1, 0.15) is 6.54 Å². The first-order valence-electron chi connectivity index (χ1n) is 8.59. The van der Waals surface area contributed by atoms with Crippen LogP contribution in [-0.4, -0.2) is 72.1 Å². The number of aryl methyl sites for hydroxylation is 1. The van der Waals surface area contributed by atoms with Crippen LogP contribution in [0, 0.1) is 12.3 Å². The number of nitrogens with one attached hydrogen (secondary N) is 1. The number of aliphatic hydroxyl groups is 1. The Bertz CT molecular complexity index is 616. The Morgan fingerprint density at radius 1 is 1.48 bits per heavy atom. The third-order valence-corrected chi connectivity index (χ3v) is 4.89. The highest BCUT2D eigenvalue weighted by atomic mass is 16.5. The lowest BCUT2D eigenvalue weighted by atomic mass is 9.78. The van der Waals surface area contributed by atoms with Gasteiger partial charge in [-0.1, -0.05) is 0 Å². The number of amides is 2. The molecule has 0 unspecified atom stereocenters. The van der Waals surface area contributed by atoms with Gasteiger partial charge in [-0.15, -0.1) is 0 Å². The van der Waals surface area contributed by atoms with Crippen LogP contribution >= 0.6 is 0 Å². The smallest absolute Gasteiger partial charge is 0.274 e. The van der Waals surface area contributed by atoms with Gasteiger partial charge in [0.05, 0.1) is 6.61 Å². The molecule has 0 bridgehead atoms. The first-order chi connectivity index (χ1) is 11.9. The minimum atomic E-state index is -0.316. The summed E-state index contributed by atoms with van der Waals surface area (Å²) in [5, 5.41) is 16.7. The molecule has 25 heavy (non-hydrogen) atoms. The summed E-state index contributed by atoms with van der Waals surface area (Å²) >= 11 is 0. The molecule has 1 aliphatic heterocycles. The number of likely N-dealkylation sites (tertiary alicyclic amines) is 1. The average Bonchev–Trinajstić information content (AvgIpc) is 2.99. The molecule has 0 aliphatic carbocycles. The fraction of sp³-hybridized carbons (Fsp3) is 0.706. The van der Waals surface area contributed by atoms with Crippen LogP contribution in [0.5, 0.6) is 0 Å². The first kappa shape index (κ1) is 19.4. The summed E-state index contributed by atoms with van der Waals surface area (Å²) in [7, 11) is 3.20. The van der Waals surface area contributed by atoms with Gasteiger partial charge in [-0.3, -0.25) is 14.3 Å². The molecule has 8 heteroatoms. The van der Waals surface area contributed by atoms with E-state index in [1.807, 2.05) is 6.92 Å². The standard InChI is InChI=1S/C17H28N4O4/c1-13-9-14(19-21(13)10-15(23)18-2)16(24)20-7-4-5-17(11-20,12-22)6-8-25-3/h9,22H,4-8,10-12H2,1-3H3,(H,18,23)/t17-/m0/s1. The van der Waals surface area contributed by atoms with Gasteiger partial charge in [-0.25, -0.2) is 0 Å². The molecule has 1 aromatic rings. The molecular weight excluding hydrogens is 324 g/mol. The van der Waals surface area contributed by atoms with Crippen LogP contribution in [0.4, 0.5) is 0 Å². The quantitative estimate of drug-likeness (QED) is 0.730. The number of carbonyl (C=O) groups is 2. The summed E-state index contributed by atoms with van der Waals surface area (Å²) in [6.07, 6.45) is 2.43. The van der Waals surface area contributed by atoms with E-state index in [1.54, 1.807) is 25.1 Å². The van der Waals surface area contributed by atoms with Gasteiger partial charge < -0.3 is 20.1 Å². The van der Waals surface area contributed by atoms with Gasteiger partial charge in [0, 0.05) is 45.0 Å². The lowest BCUT2D eigenvalue weighted by Crippen LogP contribution is -2.48. The minimum absolute atomic E-state index is 0.0320. The van der Waals surface area contributed by atoms with Crippen molar-refractivity contribution >= 4 is 11.8 Å². The Morgan fingerprint density at radius 3 is 2.88 bits per heavy atom. The number of rotatable bonds is 7. The molecule has 0 radical (unpaired) electrons. The van der Waals surface area contributed by atoms with Crippen molar-refractivity contribution in [1.82, 2.24) is 20.0 Å². The SMILES string of the molecule is CNC(=O)Cn1nc(C(=O)N2CCC[C@](CO)(CCOC)C2)cc1C. The second-order valence-corrected chi connectivity index (χ2v) is 6.73. The molecule has 8 nitrogen and oxygen atoms in total. The monoisotopic (exact) mass is 352 g/mol. The number of ether oxygens (including phenoxy) is 1. The van der Waals surface area contributed by atoms with Gasteiger partial charge in [-0.2, -0.15) is 5.10 Å². The molecule has 2 amide bonds. The topological polar surface area (TPSA) is 96.7 Å². The summed E-state index contributed by atoms with van der Waals surface area (Å²) in [6, 6.07) is 1.70. The van der Waals surface area contributed by atoms with Crippen LogP contribution in [0.2, 0.25) is 0 Å². The maximum Gasteiger partial charge on any atom is 0.274 e. The zero-order valence-corrected chi connectivity index (χ0v) is 15.2. The number of likely N-dealkylation sites (N-methyl/N-ethyl adjacent to an activating group) is 1. The highest BCUT2D eigenvalue weighted by Crippen LogP contribution is 2.33. The van der Waals surface area contributed by atoms with Crippen LogP contribution in [0.15, 0.2) is 6.07 Å². The van der Waals surface area contributed by atoms with Crippen LogP contribution in [0.1, 0.15) is 35.4 Å². The van der Waals surface area contributed by atoms with Crippen LogP contribution in [-0.2, 0) is 16.1 Å². The molecule has 140 valence electrons. The molecule has 0 saturated carbocycles. The molecule has 2 rings (SSSR count). The van der Waals surface area contributed by atoms with E-state index in [-0.39, 0.29) is 30.4 Å². The van der Waals surface area contributed by atoms with Crippen molar-refractivity contribution in [1.29, 1.82) is 0 Å². The van der Waals surface area contributed by atoms with Crippen molar-refractivity contribution in [2.75, 3.05) is 40.5 Å². The lowest BCUT2D eigenvalue weighted by Gasteiger charge is -2.41. The Balaban J connectivity index is 2.11. The van der Waals surface area contributed by atoms with Crippen LogP contribution in [0.3, 0.4) is 0 Å². The zero-order chi connectivity index (χ0) is 18.4. The summed E-state index contributed by atoms with van der Waals surface area (Å²) in [5.41, 5.74) is 0.780. The molecule has 2 heterocycles. The van der Waals surface area contributed by atoms with E-state index in [2.05, 4.69) is 10.4 Å². The molecule has 0 aromatic carbocycles. The number of aliphatic hydroxyl groups excluding tert-OH is 1. The van der Waals surface area contributed by atoms with Crippen molar-refractivity contribution in [3.8, 4) is 0 Å². The second kappa shape index (κ2) is 8.44. The number of hydrogen-bond donors (Lipinski definition) is 2. The normalized spacial score (nSPS) is 20.6. The number of methoxy groups -OCH3 is 1. The third-order valence-electron chi connectivity index (χ3n) is 4.89. The Labute approximate surface area is 148 Å². The van der Waals surface area contributed by atoms with Crippen molar-refractivity contribution in [2.24, 2.45) is 5.41 Å². The minimum Gasteiger partial charge on any atom is -0.396 e. The Morgan fingerprint density at radius 2 is 2.24 bits per heavy atom. The molecule has 1 aliphatic rings. The number of hydrogen-bond acceptors (Lipinski definition) is 5. The van der Waals surface area contributed by atoms with E-state index in [1.165, 1.54) is 4.68 Å². The summed E-state index contributed by atoms with van der Waals surface area (Å²) in [6.45, 7) is 3.64. The van der Waals surface area contributed by atoms with Gasteiger partial charge in [-0.05, 0) is 32.3 Å². The van der Waals surface area contributed by atoms with E-state index in [9.17, 15) is 14.7 Å². The van der Waals surface area contributed by atoms with Crippen molar-refractivity contribution in [3.05, 3.63) is 17.5 Å². The predicted molar refractivity (Wildman–Crippen MR) is 92.2 cm³/mol. The maximum atomic E-state index is 12.8. The summed E-state index contributed by atoms with van der Waals surface area (Å²) < 4.78 is 6.68. The van der Waals surface area contributed by atoms with Crippen molar-refractivity contribution in [2.45, 2.75) is 32.7 Å². The van der Waals surface area contributed by atoms with E-state index in [0.29, 0.717) is 31.8 Å². The summed E-state index contributed by atoms with van der Waals surface area (Å²) in [5.74, 6) is -0.323. The third kappa shape index (κ3) is 4.58. The van der Waals surface area contributed by atoms with E-state index in [0.717, 1.165) is 18.5 Å². The zero-order valence-electron chi connectivity index (χ0n) is 15.2. The van der Waals surface area contributed by atoms with Crippen molar-refractivity contribution < 1.29 is 19.4 Å². The van der Waals surface area contributed by atoms with Gasteiger partial charge in [0.25, 0.3) is 5.91 Å². The molecular formula is C17H28N4O4. The second-order valence-electron chi connectivity index (χ2n) is 6.73. The summed E-state index contributed by atoms with van der Waals surface area (Å²) in [4.78, 5) is 26.1. The molecule has 1 aromatic heterocycles. The first-order valence-corrected chi connectivity index (χ1v) is 8.59. The lowest BCUT2D eigenvalue weighted by molar-refractivity contribution is -0.121. The Hall–Kier alpha value is -1.93. The molecule has 1 saturated heterocycles. The maximum absolute atomic E-state index is 12.8. The average molecular weight is 352 g/mol. The Kier molecular flexibility index (Phi) is 6.55. The van der Waals surface area contributed by atoms with Gasteiger partial charge in [0.2, 0.25) is 5.91 Å². The van der Waals surface area contributed by atoms with E-state index in [4.69, 9.17) is 4.74 Å². The highest BCUT2D eigenvalue weighted by Gasteiger charge is 2.37. The number of carbonyl (C=O) groups excluding carboxylic acids is 2. The van der Waals surface area contributed by atoms with E-state index >= 15 is 0 Å². The predicted octanol–water partition coefficient (Wildman–Crippen LogP) is 0.189. The largest absolute Gasteiger partial charge is 0.396 e. The highest BCUT2D eigenvalue weighted by molar-refractivity contribution is 5.92. The molecule has 2 N–H and O–H groups in total. The molecule has 0 spiro atoms. The van der Waals surface area contributed by atoms with Crippen LogP contribution in [0.25, 0.3) is 0 Å². The van der Waals surface area contributed by atoms with Gasteiger partial charge >= 0.3 is 0 Å². The number of aromatic nitrogens is 2. The van der Waals surface area contributed by atoms with Gasteiger partial charge in [0.15, 0.2) is 5.69 Å².